The summed E-state index contributed by atoms with van der Waals surface area (Å²) in [6, 6.07) is 14.4. The smallest absolute Gasteiger partial charge is 0.264 e. The summed E-state index contributed by atoms with van der Waals surface area (Å²) in [5.74, 6) is -1.09. The first-order valence-electron chi connectivity index (χ1n) is 14.0. The van der Waals surface area contributed by atoms with Crippen LogP contribution in [-0.2, 0) is 26.2 Å². The molecule has 2 atom stereocenters. The molecule has 0 heterocycles. The Balaban J connectivity index is 2.06. The molecule has 8 nitrogen and oxygen atoms in total. The van der Waals surface area contributed by atoms with Crippen LogP contribution in [-0.4, -0.2) is 50.4 Å². The van der Waals surface area contributed by atoms with E-state index in [0.717, 1.165) is 16.4 Å². The lowest BCUT2D eigenvalue weighted by atomic mass is 10.1. The molecule has 0 aliphatic heterocycles. The Morgan fingerprint density at radius 3 is 2.14 bits per heavy atom. The average molecular weight is 653 g/mol. The van der Waals surface area contributed by atoms with E-state index >= 15 is 0 Å². The molecule has 3 rings (SSSR count). The van der Waals surface area contributed by atoms with Crippen molar-refractivity contribution in [2.75, 3.05) is 17.5 Å². The van der Waals surface area contributed by atoms with Crippen molar-refractivity contribution in [1.82, 2.24) is 10.2 Å². The molecule has 0 saturated carbocycles. The molecule has 0 unspecified atom stereocenters. The number of hydrogen-bond acceptors (Lipinski definition) is 5. The maximum absolute atomic E-state index is 14.1. The van der Waals surface area contributed by atoms with E-state index in [-0.39, 0.29) is 40.5 Å². The lowest BCUT2D eigenvalue weighted by Crippen LogP contribution is -2.53. The monoisotopic (exact) mass is 651 g/mol. The molecule has 2 amide bonds. The zero-order valence-electron chi connectivity index (χ0n) is 24.5. The van der Waals surface area contributed by atoms with E-state index in [1.165, 1.54) is 41.3 Å². The number of sulfonamides is 1. The fourth-order valence-electron chi connectivity index (χ4n) is 4.33. The lowest BCUT2D eigenvalue weighted by molar-refractivity contribution is -0.140. The van der Waals surface area contributed by atoms with Gasteiger partial charge >= 0.3 is 0 Å². The van der Waals surface area contributed by atoms with Gasteiger partial charge in [-0.15, -0.1) is 0 Å². The third-order valence-corrected chi connectivity index (χ3v) is 9.37. The van der Waals surface area contributed by atoms with Crippen molar-refractivity contribution < 1.29 is 27.1 Å². The third-order valence-electron chi connectivity index (χ3n) is 6.84. The summed E-state index contributed by atoms with van der Waals surface area (Å²) in [7, 11) is -4.32. The number of hydrogen-bond donors (Lipinski definition) is 1. The van der Waals surface area contributed by atoms with Crippen LogP contribution < -0.4 is 14.4 Å². The van der Waals surface area contributed by atoms with Gasteiger partial charge in [0.05, 0.1) is 27.2 Å². The number of halogens is 3. The molecule has 0 aliphatic rings. The first-order valence-corrected chi connectivity index (χ1v) is 16.2. The number of amides is 2. The molecular formula is C31H36Cl2FN3O5S. The zero-order chi connectivity index (χ0) is 31.7. The van der Waals surface area contributed by atoms with Crippen LogP contribution >= 0.6 is 23.2 Å². The number of carbonyl (C=O) groups is 2. The predicted molar refractivity (Wildman–Crippen MR) is 168 cm³/mol. The highest BCUT2D eigenvalue weighted by molar-refractivity contribution is 7.92. The molecule has 0 fully saturated rings. The van der Waals surface area contributed by atoms with Crippen LogP contribution in [0.1, 0.15) is 46.1 Å². The van der Waals surface area contributed by atoms with Gasteiger partial charge in [-0.25, -0.2) is 12.8 Å². The van der Waals surface area contributed by atoms with Crippen molar-refractivity contribution in [1.29, 1.82) is 0 Å². The van der Waals surface area contributed by atoms with Crippen molar-refractivity contribution in [2.24, 2.45) is 0 Å². The van der Waals surface area contributed by atoms with E-state index in [1.54, 1.807) is 25.1 Å². The summed E-state index contributed by atoms with van der Waals surface area (Å²) < 4.78 is 48.1. The first-order chi connectivity index (χ1) is 20.4. The molecule has 0 spiro atoms. The molecule has 12 heteroatoms. The van der Waals surface area contributed by atoms with Crippen LogP contribution in [0.2, 0.25) is 10.0 Å². The maximum atomic E-state index is 14.1. The van der Waals surface area contributed by atoms with Gasteiger partial charge in [0.1, 0.15) is 24.2 Å². The van der Waals surface area contributed by atoms with Gasteiger partial charge in [0.25, 0.3) is 10.0 Å². The number of ether oxygens (including phenoxy) is 1. The van der Waals surface area contributed by atoms with Gasteiger partial charge in [-0.3, -0.25) is 13.9 Å². The number of nitrogens with one attached hydrogen (secondary N) is 1. The Bertz CT molecular complexity index is 1500. The zero-order valence-corrected chi connectivity index (χ0v) is 26.8. The second-order valence-electron chi connectivity index (χ2n) is 9.90. The lowest BCUT2D eigenvalue weighted by Gasteiger charge is -2.33. The van der Waals surface area contributed by atoms with Crippen LogP contribution in [0.15, 0.2) is 71.6 Å². The second-order valence-corrected chi connectivity index (χ2v) is 12.6. The van der Waals surface area contributed by atoms with Crippen molar-refractivity contribution in [3.8, 4) is 5.75 Å². The van der Waals surface area contributed by atoms with Crippen LogP contribution in [0.5, 0.6) is 5.75 Å². The Labute approximate surface area is 262 Å². The molecule has 3 aromatic rings. The Kier molecular flexibility index (Phi) is 12.2. The van der Waals surface area contributed by atoms with Gasteiger partial charge in [0, 0.05) is 12.6 Å². The van der Waals surface area contributed by atoms with Gasteiger partial charge in [-0.05, 0) is 92.9 Å². The Hall–Kier alpha value is -3.34. The minimum Gasteiger partial charge on any atom is -0.494 e. The molecule has 232 valence electrons. The standard InChI is InChI=1S/C31H36Cl2FN3O5S/c1-5-21(4)35-31(39)29(6-2)36(19-22-8-17-27(32)28(33)18-22)30(38)20-37(24-11-9-23(34)10-12-24)43(40,41)26-15-13-25(14-16-26)42-7-3/h8-18,21,29H,5-7,19-20H2,1-4H3,(H,35,39)/t21-,29+/m0/s1. The SMILES string of the molecule is CCOc1ccc(S(=O)(=O)N(CC(=O)N(Cc2ccc(Cl)c(Cl)c2)[C@H](CC)C(=O)N[C@@H](C)CC)c2ccc(F)cc2)cc1. The average Bonchev–Trinajstić information content (AvgIpc) is 2.98. The van der Waals surface area contributed by atoms with Gasteiger partial charge in [0.2, 0.25) is 11.8 Å². The van der Waals surface area contributed by atoms with Crippen LogP contribution in [0.3, 0.4) is 0 Å². The predicted octanol–water partition coefficient (Wildman–Crippen LogP) is 6.45. The summed E-state index contributed by atoms with van der Waals surface area (Å²) in [6.45, 7) is 7.07. The highest BCUT2D eigenvalue weighted by atomic mass is 35.5. The highest BCUT2D eigenvalue weighted by Crippen LogP contribution is 2.28. The number of benzene rings is 3. The van der Waals surface area contributed by atoms with Crippen LogP contribution in [0.25, 0.3) is 0 Å². The van der Waals surface area contributed by atoms with Gasteiger partial charge in [-0.1, -0.05) is 43.1 Å². The fraction of sp³-hybridized carbons (Fsp3) is 0.355. The van der Waals surface area contributed by atoms with Crippen LogP contribution in [0, 0.1) is 5.82 Å². The van der Waals surface area contributed by atoms with E-state index in [1.807, 2.05) is 20.8 Å². The Morgan fingerprint density at radius 1 is 0.930 bits per heavy atom. The molecule has 0 aliphatic carbocycles. The number of carbonyl (C=O) groups excluding carboxylic acids is 2. The van der Waals surface area contributed by atoms with E-state index in [9.17, 15) is 22.4 Å². The first kappa shape index (κ1) is 34.2. The van der Waals surface area contributed by atoms with Crippen molar-refractivity contribution in [2.45, 2.75) is 64.1 Å². The topological polar surface area (TPSA) is 96.0 Å². The molecule has 0 saturated heterocycles. The minimum atomic E-state index is -4.32. The van der Waals surface area contributed by atoms with E-state index in [4.69, 9.17) is 27.9 Å². The molecule has 0 bridgehead atoms. The van der Waals surface area contributed by atoms with Crippen molar-refractivity contribution >= 4 is 50.7 Å². The fourth-order valence-corrected chi connectivity index (χ4v) is 6.07. The molecule has 1 N–H and O–H groups in total. The molecule has 3 aromatic carbocycles. The largest absolute Gasteiger partial charge is 0.494 e. The molecule has 43 heavy (non-hydrogen) atoms. The van der Waals surface area contributed by atoms with Gasteiger partial charge < -0.3 is 15.0 Å². The third kappa shape index (κ3) is 8.84. The second kappa shape index (κ2) is 15.4. The summed E-state index contributed by atoms with van der Waals surface area (Å²) >= 11 is 12.3. The van der Waals surface area contributed by atoms with E-state index in [2.05, 4.69) is 5.32 Å². The van der Waals surface area contributed by atoms with Crippen molar-refractivity contribution in [3.63, 3.8) is 0 Å². The summed E-state index contributed by atoms with van der Waals surface area (Å²) in [4.78, 5) is 28.7. The quantitative estimate of drug-likeness (QED) is 0.216. The summed E-state index contributed by atoms with van der Waals surface area (Å²) in [5.41, 5.74) is 0.676. The van der Waals surface area contributed by atoms with E-state index < -0.39 is 34.3 Å². The number of anilines is 1. The summed E-state index contributed by atoms with van der Waals surface area (Å²) in [5, 5.41) is 3.52. The Morgan fingerprint density at radius 2 is 1.58 bits per heavy atom. The molecule has 0 radical (unpaired) electrons. The van der Waals surface area contributed by atoms with Gasteiger partial charge in [-0.2, -0.15) is 0 Å². The summed E-state index contributed by atoms with van der Waals surface area (Å²) in [6.07, 6.45) is 0.944. The minimum absolute atomic E-state index is 0.0392. The highest BCUT2D eigenvalue weighted by Gasteiger charge is 2.34. The van der Waals surface area contributed by atoms with Crippen molar-refractivity contribution in [3.05, 3.63) is 88.2 Å². The maximum Gasteiger partial charge on any atom is 0.264 e. The van der Waals surface area contributed by atoms with Gasteiger partial charge in [0.15, 0.2) is 0 Å². The van der Waals surface area contributed by atoms with Crippen LogP contribution in [0.4, 0.5) is 10.1 Å². The normalized spacial score (nSPS) is 12.7. The number of nitrogens with zero attached hydrogens (tertiary/aromatic N) is 2. The van der Waals surface area contributed by atoms with E-state index in [0.29, 0.717) is 29.4 Å². The molecule has 0 aromatic heterocycles. The number of rotatable bonds is 14. The molecular weight excluding hydrogens is 616 g/mol.